The van der Waals surface area contributed by atoms with Crippen molar-refractivity contribution in [2.45, 2.75) is 13.1 Å². The van der Waals surface area contributed by atoms with Crippen LogP contribution in [0.25, 0.3) is 0 Å². The summed E-state index contributed by atoms with van der Waals surface area (Å²) in [5.41, 5.74) is 2.71. The van der Waals surface area contributed by atoms with Crippen LogP contribution in [0.5, 0.6) is 0 Å². The zero-order valence-electron chi connectivity index (χ0n) is 11.3. The summed E-state index contributed by atoms with van der Waals surface area (Å²) in [7, 11) is 0.614. The number of hydrogen-bond acceptors (Lipinski definition) is 3. The Balaban J connectivity index is 1.97. The monoisotopic (exact) mass is 289 g/mol. The summed E-state index contributed by atoms with van der Waals surface area (Å²) in [5, 5.41) is 18.9. The molecule has 0 saturated heterocycles. The fourth-order valence-electron chi connectivity index (χ4n) is 2.08. The van der Waals surface area contributed by atoms with Crippen LogP contribution in [0.2, 0.25) is 5.02 Å². The summed E-state index contributed by atoms with van der Waals surface area (Å²) in [6, 6.07) is 15.1. The topological polar surface area (TPSA) is 43.7 Å². The Morgan fingerprint density at radius 2 is 1.65 bits per heavy atom. The first-order chi connectivity index (χ1) is 9.56. The van der Waals surface area contributed by atoms with Crippen LogP contribution in [-0.2, 0) is 13.1 Å². The van der Waals surface area contributed by atoms with Gasteiger partial charge in [-0.05, 0) is 29.7 Å². The molecule has 2 rings (SSSR count). The molecular formula is C15H17BClNO2. The maximum Gasteiger partial charge on any atom is 0.488 e. The highest BCUT2D eigenvalue weighted by Crippen LogP contribution is 2.17. The van der Waals surface area contributed by atoms with Gasteiger partial charge >= 0.3 is 7.12 Å². The van der Waals surface area contributed by atoms with E-state index in [2.05, 4.69) is 4.90 Å². The van der Waals surface area contributed by atoms with E-state index in [1.165, 1.54) is 0 Å². The number of halogens is 1. The number of rotatable bonds is 5. The van der Waals surface area contributed by atoms with Gasteiger partial charge in [-0.3, -0.25) is 4.90 Å². The van der Waals surface area contributed by atoms with E-state index >= 15 is 0 Å². The van der Waals surface area contributed by atoms with Crippen LogP contribution in [0.4, 0.5) is 0 Å². The molecule has 2 N–H and O–H groups in total. The van der Waals surface area contributed by atoms with Gasteiger partial charge in [0.25, 0.3) is 0 Å². The highest BCUT2D eigenvalue weighted by atomic mass is 35.5. The smallest absolute Gasteiger partial charge is 0.423 e. The summed E-state index contributed by atoms with van der Waals surface area (Å²) in [4.78, 5) is 2.16. The van der Waals surface area contributed by atoms with Gasteiger partial charge in [-0.15, -0.1) is 0 Å². The number of nitrogens with zero attached hydrogens (tertiary/aromatic N) is 1. The van der Waals surface area contributed by atoms with Crippen LogP contribution in [0, 0.1) is 0 Å². The Morgan fingerprint density at radius 1 is 1.00 bits per heavy atom. The predicted octanol–water partition coefficient (Wildman–Crippen LogP) is 1.65. The van der Waals surface area contributed by atoms with Gasteiger partial charge in [0.2, 0.25) is 0 Å². The Hall–Kier alpha value is -1.33. The molecule has 2 aromatic carbocycles. The molecule has 0 atom stereocenters. The van der Waals surface area contributed by atoms with Crippen molar-refractivity contribution in [1.29, 1.82) is 0 Å². The quantitative estimate of drug-likeness (QED) is 0.823. The van der Waals surface area contributed by atoms with Gasteiger partial charge in [-0.2, -0.15) is 0 Å². The normalized spacial score (nSPS) is 10.8. The van der Waals surface area contributed by atoms with Crippen molar-refractivity contribution in [1.82, 2.24) is 4.90 Å². The lowest BCUT2D eigenvalue weighted by molar-refractivity contribution is 0.319. The largest absolute Gasteiger partial charge is 0.488 e. The van der Waals surface area contributed by atoms with Gasteiger partial charge in [-0.1, -0.05) is 54.1 Å². The Bertz CT molecular complexity index is 560. The molecule has 0 radical (unpaired) electrons. The average Bonchev–Trinajstić information content (AvgIpc) is 2.42. The second-order valence-electron chi connectivity index (χ2n) is 4.88. The lowest BCUT2D eigenvalue weighted by Gasteiger charge is -2.17. The van der Waals surface area contributed by atoms with E-state index < -0.39 is 7.12 Å². The van der Waals surface area contributed by atoms with Gasteiger partial charge in [0.15, 0.2) is 0 Å². The van der Waals surface area contributed by atoms with Crippen molar-refractivity contribution in [2.24, 2.45) is 0 Å². The minimum absolute atomic E-state index is 0.502. The summed E-state index contributed by atoms with van der Waals surface area (Å²) in [6.07, 6.45) is 0. The molecule has 20 heavy (non-hydrogen) atoms. The SMILES string of the molecule is CN(Cc1ccc(B(O)O)cc1)Cc1ccccc1Cl. The molecule has 2 aromatic rings. The lowest BCUT2D eigenvalue weighted by Crippen LogP contribution is -2.29. The van der Waals surface area contributed by atoms with Gasteiger partial charge in [0.05, 0.1) is 0 Å². The Labute approximate surface area is 124 Å². The van der Waals surface area contributed by atoms with Gasteiger partial charge in [-0.25, -0.2) is 0 Å². The fourth-order valence-corrected chi connectivity index (χ4v) is 2.28. The van der Waals surface area contributed by atoms with Crippen LogP contribution in [0.1, 0.15) is 11.1 Å². The van der Waals surface area contributed by atoms with E-state index in [1.807, 2.05) is 43.4 Å². The van der Waals surface area contributed by atoms with E-state index in [-0.39, 0.29) is 0 Å². The van der Waals surface area contributed by atoms with Crippen LogP contribution >= 0.6 is 11.6 Å². The van der Waals surface area contributed by atoms with Crippen molar-refractivity contribution < 1.29 is 10.0 Å². The molecule has 0 amide bonds. The second kappa shape index (κ2) is 6.91. The van der Waals surface area contributed by atoms with Crippen LogP contribution in [-0.4, -0.2) is 29.1 Å². The molecule has 0 aliphatic rings. The zero-order valence-corrected chi connectivity index (χ0v) is 12.1. The summed E-state index contributed by atoms with van der Waals surface area (Å²) in [5.74, 6) is 0. The number of hydrogen-bond donors (Lipinski definition) is 2. The molecule has 5 heteroatoms. The Kier molecular flexibility index (Phi) is 5.20. The van der Waals surface area contributed by atoms with E-state index in [9.17, 15) is 0 Å². The number of benzene rings is 2. The Morgan fingerprint density at radius 3 is 2.25 bits per heavy atom. The van der Waals surface area contributed by atoms with E-state index in [0.29, 0.717) is 5.46 Å². The molecule has 0 aliphatic carbocycles. The van der Waals surface area contributed by atoms with Crippen molar-refractivity contribution in [2.75, 3.05) is 7.05 Å². The first kappa shape index (κ1) is 15.1. The zero-order chi connectivity index (χ0) is 14.5. The molecule has 0 spiro atoms. The van der Waals surface area contributed by atoms with E-state index in [1.54, 1.807) is 12.1 Å². The van der Waals surface area contributed by atoms with Crippen LogP contribution in [0.3, 0.4) is 0 Å². The maximum absolute atomic E-state index is 9.05. The van der Waals surface area contributed by atoms with Crippen molar-refractivity contribution in [3.8, 4) is 0 Å². The summed E-state index contributed by atoms with van der Waals surface area (Å²) < 4.78 is 0. The van der Waals surface area contributed by atoms with Gasteiger partial charge in [0.1, 0.15) is 0 Å². The molecule has 0 bridgehead atoms. The maximum atomic E-state index is 9.05. The molecule has 0 heterocycles. The summed E-state index contributed by atoms with van der Waals surface area (Å²) >= 11 is 6.14. The molecule has 0 unspecified atom stereocenters. The highest BCUT2D eigenvalue weighted by molar-refractivity contribution is 6.58. The predicted molar refractivity (Wildman–Crippen MR) is 82.9 cm³/mol. The molecule has 3 nitrogen and oxygen atoms in total. The van der Waals surface area contributed by atoms with Gasteiger partial charge in [0, 0.05) is 18.1 Å². The standard InChI is InChI=1S/C15H17BClNO2/c1-18(11-13-4-2-3-5-15(13)17)10-12-6-8-14(9-7-12)16(19)20/h2-9,19-20H,10-11H2,1H3. The van der Waals surface area contributed by atoms with Crippen LogP contribution in [0.15, 0.2) is 48.5 Å². The van der Waals surface area contributed by atoms with E-state index in [4.69, 9.17) is 21.6 Å². The molecule has 0 saturated carbocycles. The lowest BCUT2D eigenvalue weighted by atomic mass is 9.80. The van der Waals surface area contributed by atoms with Gasteiger partial charge < -0.3 is 10.0 Å². The van der Waals surface area contributed by atoms with Crippen molar-refractivity contribution in [3.05, 3.63) is 64.7 Å². The third-order valence-corrected chi connectivity index (χ3v) is 3.50. The van der Waals surface area contributed by atoms with Crippen LogP contribution < -0.4 is 5.46 Å². The first-order valence-electron chi connectivity index (χ1n) is 6.43. The highest BCUT2D eigenvalue weighted by Gasteiger charge is 2.10. The molecule has 0 fully saturated rings. The molecule has 0 aromatic heterocycles. The first-order valence-corrected chi connectivity index (χ1v) is 6.81. The van der Waals surface area contributed by atoms with Crippen molar-refractivity contribution >= 4 is 24.2 Å². The van der Waals surface area contributed by atoms with Crippen molar-refractivity contribution in [3.63, 3.8) is 0 Å². The van der Waals surface area contributed by atoms with E-state index in [0.717, 1.165) is 29.2 Å². The fraction of sp³-hybridized carbons (Fsp3) is 0.200. The minimum atomic E-state index is -1.41. The third-order valence-electron chi connectivity index (χ3n) is 3.13. The molecular weight excluding hydrogens is 272 g/mol. The minimum Gasteiger partial charge on any atom is -0.423 e. The summed E-state index contributed by atoms with van der Waals surface area (Å²) in [6.45, 7) is 1.54. The third kappa shape index (κ3) is 4.08. The second-order valence-corrected chi connectivity index (χ2v) is 5.29. The average molecular weight is 290 g/mol. The molecule has 104 valence electrons. The molecule has 0 aliphatic heterocycles.